The van der Waals surface area contributed by atoms with Gasteiger partial charge in [0.25, 0.3) is 0 Å². The highest BCUT2D eigenvalue weighted by Crippen LogP contribution is 2.26. The molecule has 18 heavy (non-hydrogen) atoms. The lowest BCUT2D eigenvalue weighted by Gasteiger charge is -2.13. The average molecular weight is 243 g/mol. The molecular weight excluding hydrogens is 225 g/mol. The summed E-state index contributed by atoms with van der Waals surface area (Å²) in [5.41, 5.74) is 4.32. The summed E-state index contributed by atoms with van der Waals surface area (Å²) in [7, 11) is 1.94. The van der Waals surface area contributed by atoms with E-state index < -0.39 is 0 Å². The first-order valence-electron chi connectivity index (χ1n) is 6.15. The molecule has 0 aliphatic heterocycles. The SMILES string of the molecule is CNC(C)c1cccc(-c2cc(F)ccc2C)c1. The van der Waals surface area contributed by atoms with Crippen LogP contribution in [0.1, 0.15) is 24.1 Å². The van der Waals surface area contributed by atoms with Crippen molar-refractivity contribution >= 4 is 0 Å². The van der Waals surface area contributed by atoms with Gasteiger partial charge in [0.05, 0.1) is 0 Å². The van der Waals surface area contributed by atoms with Gasteiger partial charge in [-0.2, -0.15) is 0 Å². The molecule has 0 saturated heterocycles. The van der Waals surface area contributed by atoms with E-state index in [-0.39, 0.29) is 5.82 Å². The number of rotatable bonds is 3. The third kappa shape index (κ3) is 2.59. The Kier molecular flexibility index (Phi) is 3.78. The molecule has 1 N–H and O–H groups in total. The van der Waals surface area contributed by atoms with Crippen LogP contribution in [0, 0.1) is 12.7 Å². The Hall–Kier alpha value is -1.67. The summed E-state index contributed by atoms with van der Waals surface area (Å²) in [5.74, 6) is -0.192. The molecule has 0 aromatic heterocycles. The normalized spacial score (nSPS) is 12.4. The van der Waals surface area contributed by atoms with E-state index in [9.17, 15) is 4.39 Å². The standard InChI is InChI=1S/C16H18FN/c1-11-7-8-15(17)10-16(11)14-6-4-5-13(9-14)12(2)18-3/h4-10,12,18H,1-3H3. The predicted molar refractivity (Wildman–Crippen MR) is 74.0 cm³/mol. The van der Waals surface area contributed by atoms with E-state index in [1.807, 2.05) is 32.2 Å². The Bertz CT molecular complexity index is 549. The summed E-state index contributed by atoms with van der Waals surface area (Å²) in [4.78, 5) is 0. The van der Waals surface area contributed by atoms with Gasteiger partial charge in [0.2, 0.25) is 0 Å². The summed E-state index contributed by atoms with van der Waals surface area (Å²) in [5, 5.41) is 3.21. The molecule has 1 unspecified atom stereocenters. The van der Waals surface area contributed by atoms with Gasteiger partial charge >= 0.3 is 0 Å². The molecule has 0 amide bonds. The molecule has 2 aromatic carbocycles. The fourth-order valence-electron chi connectivity index (χ4n) is 2.05. The van der Waals surface area contributed by atoms with Gasteiger partial charge in [0.1, 0.15) is 5.82 Å². The minimum Gasteiger partial charge on any atom is -0.313 e. The summed E-state index contributed by atoms with van der Waals surface area (Å²) < 4.78 is 13.3. The number of benzene rings is 2. The lowest BCUT2D eigenvalue weighted by molar-refractivity contribution is 0.628. The maximum atomic E-state index is 13.3. The molecule has 0 fully saturated rings. The minimum atomic E-state index is -0.192. The highest BCUT2D eigenvalue weighted by molar-refractivity contribution is 5.67. The van der Waals surface area contributed by atoms with Crippen LogP contribution in [0.2, 0.25) is 0 Å². The molecule has 0 radical (unpaired) electrons. The molecule has 2 aromatic rings. The molecule has 0 aliphatic carbocycles. The van der Waals surface area contributed by atoms with Crippen LogP contribution in [-0.2, 0) is 0 Å². The summed E-state index contributed by atoms with van der Waals surface area (Å²) >= 11 is 0. The molecular formula is C16H18FN. The highest BCUT2D eigenvalue weighted by atomic mass is 19.1. The summed E-state index contributed by atoms with van der Waals surface area (Å²) in [6.45, 7) is 4.11. The minimum absolute atomic E-state index is 0.192. The van der Waals surface area contributed by atoms with E-state index in [0.29, 0.717) is 6.04 Å². The second-order valence-corrected chi connectivity index (χ2v) is 4.60. The van der Waals surface area contributed by atoms with Crippen molar-refractivity contribution in [2.75, 3.05) is 7.05 Å². The monoisotopic (exact) mass is 243 g/mol. The molecule has 0 aliphatic rings. The number of hydrogen-bond donors (Lipinski definition) is 1. The largest absolute Gasteiger partial charge is 0.313 e. The first-order chi connectivity index (χ1) is 8.61. The molecule has 0 spiro atoms. The van der Waals surface area contributed by atoms with Crippen LogP contribution in [0.15, 0.2) is 42.5 Å². The molecule has 1 nitrogen and oxygen atoms in total. The van der Waals surface area contributed by atoms with Crippen LogP contribution in [0.5, 0.6) is 0 Å². The van der Waals surface area contributed by atoms with Crippen molar-refractivity contribution in [2.45, 2.75) is 19.9 Å². The Morgan fingerprint density at radius 1 is 1.11 bits per heavy atom. The van der Waals surface area contributed by atoms with Crippen molar-refractivity contribution in [1.29, 1.82) is 0 Å². The fraction of sp³-hybridized carbons (Fsp3) is 0.250. The van der Waals surface area contributed by atoms with Gasteiger partial charge < -0.3 is 5.32 Å². The van der Waals surface area contributed by atoms with Crippen molar-refractivity contribution in [2.24, 2.45) is 0 Å². The van der Waals surface area contributed by atoms with E-state index >= 15 is 0 Å². The number of aryl methyl sites for hydroxylation is 1. The van der Waals surface area contributed by atoms with Gasteiger partial charge in [-0.3, -0.25) is 0 Å². The van der Waals surface area contributed by atoms with Crippen LogP contribution >= 0.6 is 0 Å². The van der Waals surface area contributed by atoms with Gasteiger partial charge in [-0.15, -0.1) is 0 Å². The first kappa shape index (κ1) is 12.8. The van der Waals surface area contributed by atoms with Gasteiger partial charge in [-0.1, -0.05) is 24.3 Å². The number of halogens is 1. The van der Waals surface area contributed by atoms with Crippen molar-refractivity contribution in [3.05, 3.63) is 59.4 Å². The molecule has 0 heterocycles. The zero-order valence-electron chi connectivity index (χ0n) is 11.0. The van der Waals surface area contributed by atoms with Gasteiger partial charge in [-0.05, 0) is 61.3 Å². The van der Waals surface area contributed by atoms with Crippen LogP contribution in [0.25, 0.3) is 11.1 Å². The second-order valence-electron chi connectivity index (χ2n) is 4.60. The van der Waals surface area contributed by atoms with Crippen molar-refractivity contribution in [3.63, 3.8) is 0 Å². The molecule has 1 atom stereocenters. The summed E-state index contributed by atoms with van der Waals surface area (Å²) in [6.07, 6.45) is 0. The van der Waals surface area contributed by atoms with Crippen molar-refractivity contribution in [3.8, 4) is 11.1 Å². The van der Waals surface area contributed by atoms with Gasteiger partial charge in [0.15, 0.2) is 0 Å². The maximum absolute atomic E-state index is 13.3. The van der Waals surface area contributed by atoms with Crippen LogP contribution < -0.4 is 5.32 Å². The molecule has 0 bridgehead atoms. The third-order valence-corrected chi connectivity index (χ3v) is 3.33. The number of nitrogens with one attached hydrogen (secondary N) is 1. The molecule has 2 heteroatoms. The van der Waals surface area contributed by atoms with E-state index in [1.54, 1.807) is 6.07 Å². The fourth-order valence-corrected chi connectivity index (χ4v) is 2.05. The smallest absolute Gasteiger partial charge is 0.123 e. The van der Waals surface area contributed by atoms with E-state index in [2.05, 4.69) is 24.4 Å². The van der Waals surface area contributed by atoms with Crippen LogP contribution in [0.4, 0.5) is 4.39 Å². The van der Waals surface area contributed by atoms with Gasteiger partial charge in [-0.25, -0.2) is 4.39 Å². The number of hydrogen-bond acceptors (Lipinski definition) is 1. The zero-order chi connectivity index (χ0) is 13.1. The topological polar surface area (TPSA) is 12.0 Å². The second kappa shape index (κ2) is 5.32. The Morgan fingerprint density at radius 3 is 2.61 bits per heavy atom. The Labute approximate surface area is 108 Å². The maximum Gasteiger partial charge on any atom is 0.123 e. The molecule has 2 rings (SSSR count). The molecule has 94 valence electrons. The van der Waals surface area contributed by atoms with Crippen molar-refractivity contribution < 1.29 is 4.39 Å². The van der Waals surface area contributed by atoms with Crippen molar-refractivity contribution in [1.82, 2.24) is 5.32 Å². The first-order valence-corrected chi connectivity index (χ1v) is 6.15. The molecule has 0 saturated carbocycles. The van der Waals surface area contributed by atoms with Crippen LogP contribution in [-0.4, -0.2) is 7.05 Å². The van der Waals surface area contributed by atoms with E-state index in [4.69, 9.17) is 0 Å². The average Bonchev–Trinajstić information content (AvgIpc) is 2.40. The lowest BCUT2D eigenvalue weighted by atomic mass is 9.97. The predicted octanol–water partition coefficient (Wildman–Crippen LogP) is 4.08. The zero-order valence-corrected chi connectivity index (χ0v) is 11.0. The van der Waals surface area contributed by atoms with Crippen LogP contribution in [0.3, 0.4) is 0 Å². The quantitative estimate of drug-likeness (QED) is 0.856. The third-order valence-electron chi connectivity index (χ3n) is 3.33. The van der Waals surface area contributed by atoms with Gasteiger partial charge in [0, 0.05) is 6.04 Å². The van der Waals surface area contributed by atoms with E-state index in [0.717, 1.165) is 16.7 Å². The summed E-state index contributed by atoms with van der Waals surface area (Å²) in [6, 6.07) is 13.4. The van der Waals surface area contributed by atoms with E-state index in [1.165, 1.54) is 11.6 Å². The lowest BCUT2D eigenvalue weighted by Crippen LogP contribution is -2.12. The Morgan fingerprint density at radius 2 is 1.89 bits per heavy atom. The highest BCUT2D eigenvalue weighted by Gasteiger charge is 2.07. The Balaban J connectivity index is 2.47.